The van der Waals surface area contributed by atoms with Crippen molar-refractivity contribution in [3.8, 4) is 0 Å². The third-order valence-electron chi connectivity index (χ3n) is 1.81. The second-order valence-electron chi connectivity index (χ2n) is 3.00. The van der Waals surface area contributed by atoms with Gasteiger partial charge >= 0.3 is 6.18 Å². The van der Waals surface area contributed by atoms with E-state index in [0.717, 1.165) is 12.1 Å². The molecular formula is C10H7F5. The van der Waals surface area contributed by atoms with Crippen molar-refractivity contribution in [2.45, 2.75) is 13.1 Å². The zero-order valence-corrected chi connectivity index (χ0v) is 7.70. The Labute approximate surface area is 83.0 Å². The summed E-state index contributed by atoms with van der Waals surface area (Å²) >= 11 is 0. The number of rotatable bonds is 1. The monoisotopic (exact) mass is 222 g/mol. The maximum absolute atomic E-state index is 12.2. The van der Waals surface area contributed by atoms with Crippen molar-refractivity contribution in [2.75, 3.05) is 0 Å². The van der Waals surface area contributed by atoms with E-state index in [4.69, 9.17) is 0 Å². The maximum atomic E-state index is 12.2. The summed E-state index contributed by atoms with van der Waals surface area (Å²) in [4.78, 5) is 0. The number of alkyl halides is 3. The Morgan fingerprint density at radius 1 is 1.00 bits per heavy atom. The summed E-state index contributed by atoms with van der Waals surface area (Å²) in [5.41, 5.74) is -1.69. The predicted molar refractivity (Wildman–Crippen MR) is 46.4 cm³/mol. The number of allylic oxidation sites excluding steroid dienone is 1. The van der Waals surface area contributed by atoms with Crippen molar-refractivity contribution in [2.24, 2.45) is 0 Å². The van der Waals surface area contributed by atoms with E-state index in [-0.39, 0.29) is 0 Å². The lowest BCUT2D eigenvalue weighted by Crippen LogP contribution is -2.11. The van der Waals surface area contributed by atoms with Gasteiger partial charge in [0.05, 0.1) is 0 Å². The lowest BCUT2D eigenvalue weighted by molar-refractivity contribution is -0.0711. The van der Waals surface area contributed by atoms with Gasteiger partial charge in [0.1, 0.15) is 5.57 Å². The zero-order valence-electron chi connectivity index (χ0n) is 7.70. The van der Waals surface area contributed by atoms with Crippen LogP contribution in [0.4, 0.5) is 22.0 Å². The molecule has 0 amide bonds. The minimum Gasteiger partial charge on any atom is -0.173 e. The first-order chi connectivity index (χ1) is 6.82. The highest BCUT2D eigenvalue weighted by Crippen LogP contribution is 2.37. The van der Waals surface area contributed by atoms with E-state index in [2.05, 4.69) is 0 Å². The van der Waals surface area contributed by atoms with Crippen LogP contribution in [0.3, 0.4) is 0 Å². The molecule has 0 saturated heterocycles. The predicted octanol–water partition coefficient (Wildman–Crippen LogP) is 4.16. The molecule has 0 spiro atoms. The van der Waals surface area contributed by atoms with Crippen molar-refractivity contribution in [3.63, 3.8) is 0 Å². The lowest BCUT2D eigenvalue weighted by atomic mass is 10.1. The van der Waals surface area contributed by atoms with Crippen LogP contribution in [0.1, 0.15) is 11.1 Å². The molecule has 0 bridgehead atoms. The molecule has 0 unspecified atom stereocenters. The minimum atomic E-state index is -5.03. The molecule has 5 heteroatoms. The third kappa shape index (κ3) is 2.78. The van der Waals surface area contributed by atoms with E-state index in [1.54, 1.807) is 6.92 Å². The molecule has 0 aliphatic rings. The summed E-state index contributed by atoms with van der Waals surface area (Å²) in [5, 5.41) is 0. The number of hydrogen-bond donors (Lipinski definition) is 0. The summed E-state index contributed by atoms with van der Waals surface area (Å²) < 4.78 is 60.9. The molecule has 0 saturated carbocycles. The van der Waals surface area contributed by atoms with Gasteiger partial charge in [-0.1, -0.05) is 29.8 Å². The van der Waals surface area contributed by atoms with Crippen LogP contribution in [0.25, 0.3) is 5.57 Å². The van der Waals surface area contributed by atoms with Crippen LogP contribution in [0.2, 0.25) is 0 Å². The van der Waals surface area contributed by atoms with E-state index < -0.39 is 23.4 Å². The summed E-state index contributed by atoms with van der Waals surface area (Å²) in [6.07, 6.45) is -7.75. The Balaban J connectivity index is 3.25. The second-order valence-corrected chi connectivity index (χ2v) is 3.00. The van der Waals surface area contributed by atoms with Crippen LogP contribution in [0.15, 0.2) is 30.3 Å². The fourth-order valence-corrected chi connectivity index (χ4v) is 1.10. The molecule has 0 fully saturated rings. The van der Waals surface area contributed by atoms with Crippen molar-refractivity contribution < 1.29 is 22.0 Å². The first-order valence-corrected chi connectivity index (χ1v) is 4.02. The highest BCUT2D eigenvalue weighted by molar-refractivity contribution is 5.70. The molecule has 82 valence electrons. The van der Waals surface area contributed by atoms with Gasteiger partial charge < -0.3 is 0 Å². The topological polar surface area (TPSA) is 0 Å². The summed E-state index contributed by atoms with van der Waals surface area (Å²) in [6.45, 7) is 1.66. The largest absolute Gasteiger partial charge is 0.422 e. The van der Waals surface area contributed by atoms with Crippen LogP contribution in [0.5, 0.6) is 0 Å². The van der Waals surface area contributed by atoms with Gasteiger partial charge in [0.25, 0.3) is 6.08 Å². The summed E-state index contributed by atoms with van der Waals surface area (Å²) in [7, 11) is 0. The summed E-state index contributed by atoms with van der Waals surface area (Å²) in [6, 6.07) is 4.75. The Morgan fingerprint density at radius 2 is 1.47 bits per heavy atom. The average Bonchev–Trinajstić information content (AvgIpc) is 2.05. The SMILES string of the molecule is Cc1ccc(C(=C(F)F)C(F)(F)F)cc1. The molecule has 0 heterocycles. The van der Waals surface area contributed by atoms with Gasteiger partial charge in [0.15, 0.2) is 0 Å². The Bertz CT molecular complexity index is 368. The van der Waals surface area contributed by atoms with Gasteiger partial charge in [-0.2, -0.15) is 22.0 Å². The number of hydrogen-bond acceptors (Lipinski definition) is 0. The fourth-order valence-electron chi connectivity index (χ4n) is 1.10. The van der Waals surface area contributed by atoms with Gasteiger partial charge in [-0.25, -0.2) is 0 Å². The van der Waals surface area contributed by atoms with E-state index in [0.29, 0.717) is 5.56 Å². The highest BCUT2D eigenvalue weighted by Gasteiger charge is 2.38. The molecule has 0 atom stereocenters. The molecule has 1 rings (SSSR count). The Kier molecular flexibility index (Phi) is 3.12. The lowest BCUT2D eigenvalue weighted by Gasteiger charge is -2.10. The van der Waals surface area contributed by atoms with Crippen LogP contribution < -0.4 is 0 Å². The smallest absolute Gasteiger partial charge is 0.173 e. The van der Waals surface area contributed by atoms with E-state index >= 15 is 0 Å². The number of aryl methyl sites for hydroxylation is 1. The zero-order chi connectivity index (χ0) is 11.6. The molecule has 15 heavy (non-hydrogen) atoms. The first-order valence-electron chi connectivity index (χ1n) is 4.02. The second kappa shape index (κ2) is 4.00. The van der Waals surface area contributed by atoms with Crippen molar-refractivity contribution in [3.05, 3.63) is 41.5 Å². The third-order valence-corrected chi connectivity index (χ3v) is 1.81. The molecule has 1 aromatic carbocycles. The average molecular weight is 222 g/mol. The normalized spacial score (nSPS) is 11.3. The minimum absolute atomic E-state index is 0.520. The van der Waals surface area contributed by atoms with Crippen LogP contribution in [-0.2, 0) is 0 Å². The van der Waals surface area contributed by atoms with Crippen LogP contribution in [0, 0.1) is 6.92 Å². The fraction of sp³-hybridized carbons (Fsp3) is 0.200. The van der Waals surface area contributed by atoms with Crippen molar-refractivity contribution in [1.82, 2.24) is 0 Å². The van der Waals surface area contributed by atoms with Crippen molar-refractivity contribution >= 4 is 5.57 Å². The summed E-state index contributed by atoms with van der Waals surface area (Å²) in [5.74, 6) is 0. The molecule has 0 aliphatic carbocycles. The molecule has 0 aromatic heterocycles. The Morgan fingerprint density at radius 3 is 1.80 bits per heavy atom. The van der Waals surface area contributed by atoms with Gasteiger partial charge in [-0.05, 0) is 12.5 Å². The quantitative estimate of drug-likeness (QED) is 0.625. The molecule has 1 aromatic rings. The van der Waals surface area contributed by atoms with E-state index in [1.807, 2.05) is 0 Å². The van der Waals surface area contributed by atoms with E-state index in [9.17, 15) is 22.0 Å². The van der Waals surface area contributed by atoms with Gasteiger partial charge in [0.2, 0.25) is 0 Å². The molecular weight excluding hydrogens is 215 g/mol. The number of benzene rings is 1. The maximum Gasteiger partial charge on any atom is 0.422 e. The Hall–Kier alpha value is -1.39. The van der Waals surface area contributed by atoms with Crippen LogP contribution in [-0.4, -0.2) is 6.18 Å². The van der Waals surface area contributed by atoms with Crippen LogP contribution >= 0.6 is 0 Å². The molecule has 0 aliphatic heterocycles. The number of halogens is 5. The highest BCUT2D eigenvalue weighted by atomic mass is 19.4. The molecule has 0 radical (unpaired) electrons. The molecule has 0 N–H and O–H groups in total. The first kappa shape index (κ1) is 11.7. The van der Waals surface area contributed by atoms with Crippen molar-refractivity contribution in [1.29, 1.82) is 0 Å². The molecule has 0 nitrogen and oxygen atoms in total. The standard InChI is InChI=1S/C10H7F5/c1-6-2-4-7(5-3-6)8(9(11)12)10(13,14)15/h2-5H,1H3. The van der Waals surface area contributed by atoms with Gasteiger partial charge in [-0.15, -0.1) is 0 Å². The van der Waals surface area contributed by atoms with Gasteiger partial charge in [-0.3, -0.25) is 0 Å². The van der Waals surface area contributed by atoms with E-state index in [1.165, 1.54) is 12.1 Å². The van der Waals surface area contributed by atoms with Gasteiger partial charge in [0, 0.05) is 0 Å².